The molecular formula is C25H31FN6O. The summed E-state index contributed by atoms with van der Waals surface area (Å²) in [6, 6.07) is 9.23. The van der Waals surface area contributed by atoms with Crippen LogP contribution in [0.15, 0.2) is 36.5 Å². The second-order valence-electron chi connectivity index (χ2n) is 8.34. The normalized spacial score (nSPS) is 15.0. The van der Waals surface area contributed by atoms with Gasteiger partial charge in [0.15, 0.2) is 11.6 Å². The molecule has 1 saturated carbocycles. The van der Waals surface area contributed by atoms with Gasteiger partial charge in [0.05, 0.1) is 16.7 Å². The maximum Gasteiger partial charge on any atom is 0.193 e. The lowest BCUT2D eigenvalue weighted by Crippen LogP contribution is -2.18. The smallest absolute Gasteiger partial charge is 0.193 e. The zero-order chi connectivity index (χ0) is 23.4. The molecule has 3 N–H and O–H groups in total. The summed E-state index contributed by atoms with van der Waals surface area (Å²) in [6.07, 6.45) is 10.1. The third kappa shape index (κ3) is 4.75. The van der Waals surface area contributed by atoms with E-state index in [0.29, 0.717) is 22.2 Å². The Morgan fingerprint density at radius 2 is 1.55 bits per heavy atom. The van der Waals surface area contributed by atoms with Crippen LogP contribution in [0.2, 0.25) is 0 Å². The Labute approximate surface area is 193 Å². The zero-order valence-corrected chi connectivity index (χ0v) is 19.3. The number of anilines is 1. The van der Waals surface area contributed by atoms with Crippen LogP contribution >= 0.6 is 0 Å². The molecule has 1 aliphatic carbocycles. The van der Waals surface area contributed by atoms with E-state index in [0.717, 1.165) is 24.4 Å². The Morgan fingerprint density at radius 1 is 0.909 bits per heavy atom. The van der Waals surface area contributed by atoms with Crippen molar-refractivity contribution in [1.82, 2.24) is 19.7 Å². The molecule has 2 fully saturated rings. The predicted molar refractivity (Wildman–Crippen MR) is 131 cm³/mol. The fraction of sp³-hybridized carbons (Fsp3) is 0.400. The van der Waals surface area contributed by atoms with Crippen LogP contribution < -0.4 is 10.6 Å². The van der Waals surface area contributed by atoms with Crippen LogP contribution in [-0.4, -0.2) is 45.0 Å². The van der Waals surface area contributed by atoms with E-state index in [1.165, 1.54) is 50.3 Å². The number of hydrogen-bond donors (Lipinski definition) is 2. The topological polar surface area (TPSA) is 93.1 Å². The quantitative estimate of drug-likeness (QED) is 0.457. The highest BCUT2D eigenvalue weighted by molar-refractivity contribution is 5.89. The molecule has 0 atom stereocenters. The van der Waals surface area contributed by atoms with E-state index in [2.05, 4.69) is 20.7 Å². The maximum absolute atomic E-state index is 14.5. The number of benzene rings is 1. The predicted octanol–water partition coefficient (Wildman–Crippen LogP) is 4.76. The van der Waals surface area contributed by atoms with Crippen LogP contribution in [0.5, 0.6) is 5.75 Å². The number of rotatable bonds is 2. The molecule has 6 rings (SSSR count). The fourth-order valence-corrected chi connectivity index (χ4v) is 3.95. The van der Waals surface area contributed by atoms with Crippen molar-refractivity contribution in [2.75, 3.05) is 25.0 Å². The number of nitrogens with two attached hydrogens (primary N) is 1. The number of phenolic OH excluding ortho intramolecular Hbond substituents is 1. The van der Waals surface area contributed by atoms with Crippen LogP contribution in [0, 0.1) is 5.82 Å². The summed E-state index contributed by atoms with van der Waals surface area (Å²) >= 11 is 0. The molecule has 1 saturated heterocycles. The highest BCUT2D eigenvalue weighted by atomic mass is 19.1. The van der Waals surface area contributed by atoms with Gasteiger partial charge in [-0.1, -0.05) is 25.7 Å². The van der Waals surface area contributed by atoms with Gasteiger partial charge in [-0.05, 0) is 50.2 Å². The van der Waals surface area contributed by atoms with Gasteiger partial charge in [0.25, 0.3) is 0 Å². The first kappa shape index (κ1) is 22.9. The molecule has 174 valence electrons. The van der Waals surface area contributed by atoms with E-state index >= 15 is 0 Å². The van der Waals surface area contributed by atoms with Crippen LogP contribution in [-0.2, 0) is 7.05 Å². The van der Waals surface area contributed by atoms with Crippen molar-refractivity contribution in [1.29, 1.82) is 0 Å². The third-order valence-corrected chi connectivity index (χ3v) is 6.06. The van der Waals surface area contributed by atoms with Crippen molar-refractivity contribution in [3.63, 3.8) is 0 Å². The Kier molecular flexibility index (Phi) is 7.03. The van der Waals surface area contributed by atoms with E-state index in [1.54, 1.807) is 25.4 Å². The van der Waals surface area contributed by atoms with Crippen LogP contribution in [0.4, 0.5) is 10.2 Å². The number of aryl methyl sites for hydroxylation is 1. The van der Waals surface area contributed by atoms with Crippen molar-refractivity contribution in [3.05, 3.63) is 42.3 Å². The SMILES string of the molecule is C1CCC1.CN.Cn1cc2cc(-c3ccc4nc(N5CCCC5)ccc4n3)c(O)c(F)c2n1. The fourth-order valence-electron chi connectivity index (χ4n) is 3.95. The Morgan fingerprint density at radius 3 is 2.21 bits per heavy atom. The van der Waals surface area contributed by atoms with Gasteiger partial charge >= 0.3 is 0 Å². The maximum atomic E-state index is 14.5. The number of phenols is 1. The Balaban J connectivity index is 0.000000384. The van der Waals surface area contributed by atoms with Gasteiger partial charge in [0.1, 0.15) is 11.3 Å². The summed E-state index contributed by atoms with van der Waals surface area (Å²) in [5, 5.41) is 15.0. The lowest BCUT2D eigenvalue weighted by molar-refractivity contribution is 0.437. The molecule has 3 aromatic heterocycles. The van der Waals surface area contributed by atoms with Crippen LogP contribution in [0.3, 0.4) is 0 Å². The Hall–Kier alpha value is -3.26. The minimum absolute atomic E-state index is 0.150. The second-order valence-corrected chi connectivity index (χ2v) is 8.34. The zero-order valence-electron chi connectivity index (χ0n) is 19.3. The number of aromatic hydroxyl groups is 1. The Bertz CT molecular complexity index is 1240. The minimum atomic E-state index is -0.729. The summed E-state index contributed by atoms with van der Waals surface area (Å²) in [6.45, 7) is 2.06. The average molecular weight is 451 g/mol. The third-order valence-electron chi connectivity index (χ3n) is 6.06. The van der Waals surface area contributed by atoms with Gasteiger partial charge in [-0.2, -0.15) is 5.10 Å². The van der Waals surface area contributed by atoms with Crippen molar-refractivity contribution in [2.45, 2.75) is 38.5 Å². The molecule has 0 spiro atoms. The van der Waals surface area contributed by atoms with Crippen LogP contribution in [0.1, 0.15) is 38.5 Å². The summed E-state index contributed by atoms with van der Waals surface area (Å²) < 4.78 is 16.0. The number of pyridine rings is 2. The van der Waals surface area contributed by atoms with E-state index in [-0.39, 0.29) is 5.52 Å². The van der Waals surface area contributed by atoms with E-state index in [4.69, 9.17) is 4.98 Å². The summed E-state index contributed by atoms with van der Waals surface area (Å²) in [5.41, 5.74) is 6.99. The molecule has 1 aromatic carbocycles. The molecule has 2 aliphatic rings. The van der Waals surface area contributed by atoms with E-state index < -0.39 is 11.6 Å². The molecule has 0 radical (unpaired) electrons. The molecular weight excluding hydrogens is 419 g/mol. The highest BCUT2D eigenvalue weighted by Gasteiger charge is 2.18. The first-order chi connectivity index (χ1) is 16.1. The standard InChI is InChI=1S/C20H18FN5O.C4H8.CH5N/c1-25-11-12-10-13(20(27)18(21)19(12)24-25)14-4-5-16-15(22-14)6-7-17(23-16)26-8-2-3-9-26;1-2-4-3-1;1-2/h4-7,10-11,27H,2-3,8-9H2,1H3;1-4H2;2H2,1H3. The van der Waals surface area contributed by atoms with Crippen molar-refractivity contribution < 1.29 is 9.50 Å². The lowest BCUT2D eigenvalue weighted by atomic mass is 10.0. The largest absolute Gasteiger partial charge is 0.504 e. The molecule has 8 heteroatoms. The number of nitrogens with zero attached hydrogens (tertiary/aromatic N) is 5. The second kappa shape index (κ2) is 10.1. The molecule has 0 bridgehead atoms. The molecule has 4 aromatic rings. The minimum Gasteiger partial charge on any atom is -0.504 e. The van der Waals surface area contributed by atoms with Gasteiger partial charge in [-0.15, -0.1) is 0 Å². The summed E-state index contributed by atoms with van der Waals surface area (Å²) in [5.74, 6) is -0.206. The monoisotopic (exact) mass is 450 g/mol. The summed E-state index contributed by atoms with van der Waals surface area (Å²) in [7, 11) is 3.22. The molecule has 1 aliphatic heterocycles. The summed E-state index contributed by atoms with van der Waals surface area (Å²) in [4.78, 5) is 11.6. The first-order valence-electron chi connectivity index (χ1n) is 11.6. The number of hydrogen-bond acceptors (Lipinski definition) is 6. The van der Waals surface area contributed by atoms with E-state index in [1.807, 2.05) is 18.2 Å². The molecule has 4 heterocycles. The molecule has 0 unspecified atom stereocenters. The molecule has 7 nitrogen and oxygen atoms in total. The highest BCUT2D eigenvalue weighted by Crippen LogP contribution is 2.36. The van der Waals surface area contributed by atoms with E-state index in [9.17, 15) is 9.50 Å². The van der Waals surface area contributed by atoms with Crippen molar-refractivity contribution in [3.8, 4) is 17.0 Å². The molecule has 0 amide bonds. The lowest BCUT2D eigenvalue weighted by Gasteiger charge is -2.16. The van der Waals surface area contributed by atoms with Gasteiger partial charge < -0.3 is 15.7 Å². The van der Waals surface area contributed by atoms with Crippen LogP contribution in [0.25, 0.3) is 33.2 Å². The van der Waals surface area contributed by atoms with Gasteiger partial charge in [0.2, 0.25) is 0 Å². The number of fused-ring (bicyclic) bond motifs is 2. The number of halogens is 1. The number of aromatic nitrogens is 4. The van der Waals surface area contributed by atoms with Gasteiger partial charge in [-0.3, -0.25) is 4.68 Å². The van der Waals surface area contributed by atoms with Crippen molar-refractivity contribution in [2.24, 2.45) is 12.8 Å². The average Bonchev–Trinajstić information content (AvgIpc) is 3.45. The van der Waals surface area contributed by atoms with Gasteiger partial charge in [0, 0.05) is 37.3 Å². The van der Waals surface area contributed by atoms with Crippen molar-refractivity contribution >= 4 is 27.8 Å². The first-order valence-corrected chi connectivity index (χ1v) is 11.6. The van der Waals surface area contributed by atoms with Gasteiger partial charge in [-0.25, -0.2) is 14.4 Å². The molecule has 33 heavy (non-hydrogen) atoms.